The van der Waals surface area contributed by atoms with E-state index in [1.54, 1.807) is 6.92 Å². The Hall–Kier alpha value is -1.23. The molecule has 0 aliphatic heterocycles. The first-order chi connectivity index (χ1) is 8.45. The molecule has 102 valence electrons. The number of para-hydroxylation sites is 1. The highest BCUT2D eigenvalue weighted by Crippen LogP contribution is 2.36. The lowest BCUT2D eigenvalue weighted by atomic mass is 10.2. The quantitative estimate of drug-likeness (QED) is 0.792. The smallest absolute Gasteiger partial charge is 0.419 e. The molecule has 1 unspecified atom stereocenters. The van der Waals surface area contributed by atoms with Gasteiger partial charge in [-0.2, -0.15) is 13.2 Å². The fourth-order valence-corrected chi connectivity index (χ4v) is 1.54. The first-order valence-electron chi connectivity index (χ1n) is 5.98. The lowest BCUT2D eigenvalue weighted by Gasteiger charge is -2.18. The van der Waals surface area contributed by atoms with Crippen LogP contribution in [-0.2, 0) is 6.18 Å². The molecule has 0 aromatic heterocycles. The third kappa shape index (κ3) is 4.56. The molecule has 0 bridgehead atoms. The van der Waals surface area contributed by atoms with Crippen molar-refractivity contribution in [2.45, 2.75) is 32.5 Å². The van der Waals surface area contributed by atoms with E-state index in [1.165, 1.54) is 18.2 Å². The van der Waals surface area contributed by atoms with Crippen molar-refractivity contribution >= 4 is 0 Å². The molecule has 1 aromatic carbocycles. The molecular formula is C13H18F3NO. The predicted octanol–water partition coefficient (Wildman–Crippen LogP) is 3.47. The summed E-state index contributed by atoms with van der Waals surface area (Å²) in [6.45, 7) is 5.13. The monoisotopic (exact) mass is 261 g/mol. The van der Waals surface area contributed by atoms with Crippen LogP contribution in [0.15, 0.2) is 24.3 Å². The number of halogens is 3. The van der Waals surface area contributed by atoms with Crippen LogP contribution in [0.4, 0.5) is 13.2 Å². The minimum absolute atomic E-state index is 0.115. The third-order valence-electron chi connectivity index (χ3n) is 2.38. The molecular weight excluding hydrogens is 243 g/mol. The second kappa shape index (κ2) is 6.64. The van der Waals surface area contributed by atoms with Crippen molar-refractivity contribution in [2.75, 3.05) is 13.1 Å². The number of hydrogen-bond acceptors (Lipinski definition) is 2. The Morgan fingerprint density at radius 3 is 2.56 bits per heavy atom. The van der Waals surface area contributed by atoms with Gasteiger partial charge in [-0.3, -0.25) is 0 Å². The zero-order valence-electron chi connectivity index (χ0n) is 10.6. The van der Waals surface area contributed by atoms with Crippen LogP contribution in [0.5, 0.6) is 5.75 Å². The fraction of sp³-hybridized carbons (Fsp3) is 0.538. The number of nitrogens with one attached hydrogen (secondary N) is 1. The van der Waals surface area contributed by atoms with E-state index in [-0.39, 0.29) is 11.9 Å². The van der Waals surface area contributed by atoms with Gasteiger partial charge in [-0.05, 0) is 32.0 Å². The average molecular weight is 261 g/mol. The summed E-state index contributed by atoms with van der Waals surface area (Å²) in [4.78, 5) is 0. The number of alkyl halides is 3. The van der Waals surface area contributed by atoms with Crippen LogP contribution >= 0.6 is 0 Å². The van der Waals surface area contributed by atoms with Crippen LogP contribution in [0.25, 0.3) is 0 Å². The van der Waals surface area contributed by atoms with Gasteiger partial charge in [0.2, 0.25) is 0 Å². The van der Waals surface area contributed by atoms with Crippen LogP contribution in [0.3, 0.4) is 0 Å². The Balaban J connectivity index is 2.66. The van der Waals surface area contributed by atoms with Crippen molar-refractivity contribution in [3.63, 3.8) is 0 Å². The zero-order valence-corrected chi connectivity index (χ0v) is 10.6. The highest BCUT2D eigenvalue weighted by molar-refractivity contribution is 5.35. The van der Waals surface area contributed by atoms with Crippen molar-refractivity contribution in [2.24, 2.45) is 0 Å². The van der Waals surface area contributed by atoms with Crippen LogP contribution in [0.2, 0.25) is 0 Å². The standard InChI is InChI=1S/C13H18F3NO/c1-3-8-17-9-10(2)18-12-7-5-4-6-11(12)13(14,15)16/h4-7,10,17H,3,8-9H2,1-2H3. The van der Waals surface area contributed by atoms with E-state index in [1.807, 2.05) is 6.92 Å². The van der Waals surface area contributed by atoms with Crippen molar-refractivity contribution in [3.05, 3.63) is 29.8 Å². The molecule has 0 aliphatic carbocycles. The van der Waals surface area contributed by atoms with Gasteiger partial charge in [-0.1, -0.05) is 19.1 Å². The van der Waals surface area contributed by atoms with Gasteiger partial charge in [-0.15, -0.1) is 0 Å². The highest BCUT2D eigenvalue weighted by Gasteiger charge is 2.34. The number of ether oxygens (including phenoxy) is 1. The molecule has 1 aromatic rings. The number of hydrogen-bond donors (Lipinski definition) is 1. The Morgan fingerprint density at radius 1 is 1.28 bits per heavy atom. The molecule has 1 rings (SSSR count). The summed E-state index contributed by atoms with van der Waals surface area (Å²) >= 11 is 0. The Morgan fingerprint density at radius 2 is 1.94 bits per heavy atom. The molecule has 2 nitrogen and oxygen atoms in total. The Labute approximate surface area is 105 Å². The molecule has 0 heterocycles. The van der Waals surface area contributed by atoms with E-state index in [0.29, 0.717) is 6.54 Å². The summed E-state index contributed by atoms with van der Waals surface area (Å²) in [6.07, 6.45) is -3.71. The minimum atomic E-state index is -4.38. The number of rotatable bonds is 6. The highest BCUT2D eigenvalue weighted by atomic mass is 19.4. The van der Waals surface area contributed by atoms with Gasteiger partial charge in [-0.25, -0.2) is 0 Å². The summed E-state index contributed by atoms with van der Waals surface area (Å²) in [6, 6.07) is 5.27. The maximum absolute atomic E-state index is 12.7. The summed E-state index contributed by atoms with van der Waals surface area (Å²) in [5.74, 6) is -0.115. The predicted molar refractivity (Wildman–Crippen MR) is 64.7 cm³/mol. The minimum Gasteiger partial charge on any atom is -0.489 e. The van der Waals surface area contributed by atoms with E-state index < -0.39 is 11.7 Å². The van der Waals surface area contributed by atoms with Gasteiger partial charge in [0.15, 0.2) is 0 Å². The summed E-state index contributed by atoms with van der Waals surface area (Å²) in [5, 5.41) is 3.11. The normalized spacial score (nSPS) is 13.4. The van der Waals surface area contributed by atoms with Crippen molar-refractivity contribution in [3.8, 4) is 5.75 Å². The first-order valence-corrected chi connectivity index (χ1v) is 5.98. The maximum Gasteiger partial charge on any atom is 0.419 e. The van der Waals surface area contributed by atoms with E-state index in [9.17, 15) is 13.2 Å². The fourth-order valence-electron chi connectivity index (χ4n) is 1.54. The van der Waals surface area contributed by atoms with E-state index in [4.69, 9.17) is 4.74 Å². The molecule has 0 saturated carbocycles. The molecule has 1 atom stereocenters. The second-order valence-electron chi connectivity index (χ2n) is 4.13. The van der Waals surface area contributed by atoms with Crippen molar-refractivity contribution in [1.29, 1.82) is 0 Å². The summed E-state index contributed by atoms with van der Waals surface area (Å²) in [7, 11) is 0. The van der Waals surface area contributed by atoms with Gasteiger partial charge in [0.05, 0.1) is 5.56 Å². The summed E-state index contributed by atoms with van der Waals surface area (Å²) in [5.41, 5.74) is -0.729. The molecule has 1 N–H and O–H groups in total. The van der Waals surface area contributed by atoms with Gasteiger partial charge in [0, 0.05) is 6.54 Å². The Kier molecular flexibility index (Phi) is 5.47. The second-order valence-corrected chi connectivity index (χ2v) is 4.13. The molecule has 0 amide bonds. The average Bonchev–Trinajstić information content (AvgIpc) is 2.28. The topological polar surface area (TPSA) is 21.3 Å². The zero-order chi connectivity index (χ0) is 13.6. The van der Waals surface area contributed by atoms with Gasteiger partial charge >= 0.3 is 6.18 Å². The molecule has 0 fully saturated rings. The van der Waals surface area contributed by atoms with Gasteiger partial charge < -0.3 is 10.1 Å². The van der Waals surface area contributed by atoms with Crippen molar-refractivity contribution in [1.82, 2.24) is 5.32 Å². The van der Waals surface area contributed by atoms with Gasteiger partial charge in [0.1, 0.15) is 11.9 Å². The van der Waals surface area contributed by atoms with E-state index in [2.05, 4.69) is 5.32 Å². The SMILES string of the molecule is CCCNCC(C)Oc1ccccc1C(F)(F)F. The lowest BCUT2D eigenvalue weighted by Crippen LogP contribution is -2.30. The van der Waals surface area contributed by atoms with Crippen LogP contribution in [0.1, 0.15) is 25.8 Å². The van der Waals surface area contributed by atoms with Crippen LogP contribution in [-0.4, -0.2) is 19.2 Å². The van der Waals surface area contributed by atoms with Crippen LogP contribution < -0.4 is 10.1 Å². The molecule has 18 heavy (non-hydrogen) atoms. The first kappa shape index (κ1) is 14.8. The molecule has 0 aliphatic rings. The maximum atomic E-state index is 12.7. The summed E-state index contributed by atoms with van der Waals surface area (Å²) < 4.78 is 43.5. The lowest BCUT2D eigenvalue weighted by molar-refractivity contribution is -0.139. The van der Waals surface area contributed by atoms with Crippen LogP contribution in [0, 0.1) is 0 Å². The molecule has 5 heteroatoms. The molecule has 0 spiro atoms. The Bertz CT molecular complexity index is 365. The van der Waals surface area contributed by atoms with Crippen molar-refractivity contribution < 1.29 is 17.9 Å². The third-order valence-corrected chi connectivity index (χ3v) is 2.38. The largest absolute Gasteiger partial charge is 0.489 e. The molecule has 0 radical (unpaired) electrons. The molecule has 0 saturated heterocycles. The van der Waals surface area contributed by atoms with E-state index in [0.717, 1.165) is 19.0 Å². The number of benzene rings is 1. The van der Waals surface area contributed by atoms with E-state index >= 15 is 0 Å². The van der Waals surface area contributed by atoms with Gasteiger partial charge in [0.25, 0.3) is 0 Å².